The summed E-state index contributed by atoms with van der Waals surface area (Å²) in [4.78, 5) is 26.1. The van der Waals surface area contributed by atoms with Crippen LogP contribution in [0.1, 0.15) is 26.7 Å². The minimum absolute atomic E-state index is 0.0238. The van der Waals surface area contributed by atoms with Crippen molar-refractivity contribution in [3.63, 3.8) is 0 Å². The Hall–Kier alpha value is -2.51. The second-order valence-electron chi connectivity index (χ2n) is 5.84. The third-order valence-electron chi connectivity index (χ3n) is 3.89. The van der Waals surface area contributed by atoms with Crippen molar-refractivity contribution in [1.29, 1.82) is 0 Å². The standard InChI is InChI=1S/C18H23F2N3O3/c1-3-10-22(12-16(19)20)17(24)15-11-14(18(25)26-4-2)21-23(15)13-8-6-5-7-9-13/h5-9,15-16H,3-4,10-12H2,1-2H3. The summed E-state index contributed by atoms with van der Waals surface area (Å²) in [6, 6.07) is 8.01. The Morgan fingerprint density at radius 3 is 2.58 bits per heavy atom. The van der Waals surface area contributed by atoms with Crippen molar-refractivity contribution in [3.8, 4) is 0 Å². The lowest BCUT2D eigenvalue weighted by Gasteiger charge is -2.29. The van der Waals surface area contributed by atoms with Crippen molar-refractivity contribution < 1.29 is 23.1 Å². The number of esters is 1. The molecular formula is C18H23F2N3O3. The molecule has 1 aromatic rings. The van der Waals surface area contributed by atoms with Gasteiger partial charge in [0.25, 0.3) is 6.43 Å². The van der Waals surface area contributed by atoms with Crippen LogP contribution >= 0.6 is 0 Å². The normalized spacial score (nSPS) is 16.6. The molecule has 0 saturated heterocycles. The molecular weight excluding hydrogens is 344 g/mol. The number of halogens is 2. The first-order chi connectivity index (χ1) is 12.5. The molecule has 1 aliphatic heterocycles. The van der Waals surface area contributed by atoms with Gasteiger partial charge in [0.1, 0.15) is 11.8 Å². The zero-order valence-electron chi connectivity index (χ0n) is 14.9. The largest absolute Gasteiger partial charge is 0.461 e. The maximum Gasteiger partial charge on any atom is 0.354 e. The summed E-state index contributed by atoms with van der Waals surface area (Å²) in [5.41, 5.74) is 0.723. The maximum absolute atomic E-state index is 12.9. The van der Waals surface area contributed by atoms with E-state index in [-0.39, 0.29) is 25.3 Å². The lowest BCUT2D eigenvalue weighted by molar-refractivity contribution is -0.135. The highest BCUT2D eigenvalue weighted by Gasteiger charge is 2.39. The van der Waals surface area contributed by atoms with E-state index in [4.69, 9.17) is 4.74 Å². The number of carbonyl (C=O) groups excluding carboxylic acids is 2. The Morgan fingerprint density at radius 2 is 2.00 bits per heavy atom. The van der Waals surface area contributed by atoms with Crippen LogP contribution in [0.15, 0.2) is 35.4 Å². The average molecular weight is 367 g/mol. The van der Waals surface area contributed by atoms with Crippen molar-refractivity contribution in [2.24, 2.45) is 5.10 Å². The van der Waals surface area contributed by atoms with Crippen LogP contribution in [-0.4, -0.2) is 54.7 Å². The number of hydrazone groups is 1. The number of carbonyl (C=O) groups is 2. The van der Waals surface area contributed by atoms with Gasteiger partial charge in [-0.2, -0.15) is 5.10 Å². The Morgan fingerprint density at radius 1 is 1.31 bits per heavy atom. The lowest BCUT2D eigenvalue weighted by Crippen LogP contribution is -2.47. The van der Waals surface area contributed by atoms with E-state index in [0.717, 1.165) is 4.90 Å². The van der Waals surface area contributed by atoms with Crippen molar-refractivity contribution >= 4 is 23.3 Å². The molecule has 0 N–H and O–H groups in total. The topological polar surface area (TPSA) is 62.2 Å². The fourth-order valence-corrected chi connectivity index (χ4v) is 2.80. The zero-order valence-corrected chi connectivity index (χ0v) is 14.9. The van der Waals surface area contributed by atoms with E-state index in [2.05, 4.69) is 5.10 Å². The zero-order chi connectivity index (χ0) is 19.1. The van der Waals surface area contributed by atoms with Crippen molar-refractivity contribution in [2.75, 3.05) is 24.7 Å². The Balaban J connectivity index is 2.29. The van der Waals surface area contributed by atoms with E-state index in [9.17, 15) is 18.4 Å². The number of hydrogen-bond acceptors (Lipinski definition) is 5. The molecule has 6 nitrogen and oxygen atoms in total. The van der Waals surface area contributed by atoms with E-state index in [1.165, 1.54) is 5.01 Å². The summed E-state index contributed by atoms with van der Waals surface area (Å²) in [7, 11) is 0. The molecule has 0 aromatic heterocycles. The summed E-state index contributed by atoms with van der Waals surface area (Å²) in [5.74, 6) is -1.07. The van der Waals surface area contributed by atoms with Crippen LogP contribution in [0, 0.1) is 0 Å². The summed E-state index contributed by atoms with van der Waals surface area (Å²) in [6.07, 6.45) is -2.04. The number of para-hydroxylation sites is 1. The molecule has 0 fully saturated rings. The fraction of sp³-hybridized carbons (Fsp3) is 0.500. The van der Waals surface area contributed by atoms with Gasteiger partial charge in [-0.05, 0) is 25.5 Å². The highest BCUT2D eigenvalue weighted by molar-refractivity contribution is 6.38. The van der Waals surface area contributed by atoms with Crippen LogP contribution in [0.5, 0.6) is 0 Å². The van der Waals surface area contributed by atoms with Gasteiger partial charge in [-0.1, -0.05) is 25.1 Å². The number of benzene rings is 1. The molecule has 2 rings (SSSR count). The van der Waals surface area contributed by atoms with Gasteiger partial charge in [-0.15, -0.1) is 0 Å². The van der Waals surface area contributed by atoms with Gasteiger partial charge in [0, 0.05) is 13.0 Å². The number of amides is 1. The van der Waals surface area contributed by atoms with Crippen LogP contribution in [0.25, 0.3) is 0 Å². The van der Waals surface area contributed by atoms with Crippen LogP contribution in [-0.2, 0) is 14.3 Å². The highest BCUT2D eigenvalue weighted by atomic mass is 19.3. The minimum atomic E-state index is -2.62. The molecule has 0 spiro atoms. The smallest absolute Gasteiger partial charge is 0.354 e. The first-order valence-corrected chi connectivity index (χ1v) is 8.63. The Bertz CT molecular complexity index is 652. The molecule has 0 saturated carbocycles. The van der Waals surface area contributed by atoms with Crippen LogP contribution in [0.4, 0.5) is 14.5 Å². The third kappa shape index (κ3) is 4.77. The molecule has 0 bridgehead atoms. The van der Waals surface area contributed by atoms with Crippen molar-refractivity contribution in [2.45, 2.75) is 39.2 Å². The number of nitrogens with zero attached hydrogens (tertiary/aromatic N) is 3. The number of rotatable bonds is 8. The second kappa shape index (κ2) is 9.26. The number of alkyl halides is 2. The fourth-order valence-electron chi connectivity index (χ4n) is 2.80. The SMILES string of the molecule is CCCN(CC(F)F)C(=O)C1CC(C(=O)OCC)=NN1c1ccccc1. The van der Waals surface area contributed by atoms with Gasteiger partial charge < -0.3 is 9.64 Å². The maximum atomic E-state index is 12.9. The molecule has 1 atom stereocenters. The summed E-state index contributed by atoms with van der Waals surface area (Å²) < 4.78 is 30.7. The molecule has 1 aromatic carbocycles. The molecule has 142 valence electrons. The number of anilines is 1. The van der Waals surface area contributed by atoms with E-state index in [1.54, 1.807) is 31.2 Å². The van der Waals surface area contributed by atoms with Crippen molar-refractivity contribution in [1.82, 2.24) is 4.90 Å². The summed E-state index contributed by atoms with van der Waals surface area (Å²) in [6.45, 7) is 3.26. The molecule has 26 heavy (non-hydrogen) atoms. The second-order valence-corrected chi connectivity index (χ2v) is 5.84. The quantitative estimate of drug-likeness (QED) is 0.663. The van der Waals surface area contributed by atoms with E-state index in [0.29, 0.717) is 12.1 Å². The molecule has 0 aliphatic carbocycles. The first-order valence-electron chi connectivity index (χ1n) is 8.63. The summed E-state index contributed by atoms with van der Waals surface area (Å²) >= 11 is 0. The molecule has 8 heteroatoms. The molecule has 1 unspecified atom stereocenters. The van der Waals surface area contributed by atoms with Crippen molar-refractivity contribution in [3.05, 3.63) is 30.3 Å². The number of hydrogen-bond donors (Lipinski definition) is 0. The lowest BCUT2D eigenvalue weighted by atomic mass is 10.1. The van der Waals surface area contributed by atoms with E-state index >= 15 is 0 Å². The predicted octanol–water partition coefficient (Wildman–Crippen LogP) is 2.69. The minimum Gasteiger partial charge on any atom is -0.461 e. The van der Waals surface area contributed by atoms with Gasteiger partial charge in [0.05, 0.1) is 18.8 Å². The van der Waals surface area contributed by atoms with E-state index in [1.807, 2.05) is 13.0 Å². The van der Waals surface area contributed by atoms with Gasteiger partial charge in [0.2, 0.25) is 5.91 Å². The van der Waals surface area contributed by atoms with Crippen LogP contribution in [0.2, 0.25) is 0 Å². The van der Waals surface area contributed by atoms with Gasteiger partial charge >= 0.3 is 5.97 Å². The number of ether oxygens (including phenoxy) is 1. The van der Waals surface area contributed by atoms with Gasteiger partial charge in [-0.3, -0.25) is 9.80 Å². The van der Waals surface area contributed by atoms with Crippen LogP contribution in [0.3, 0.4) is 0 Å². The first kappa shape index (κ1) is 19.8. The Kier molecular flexibility index (Phi) is 7.06. The molecule has 0 radical (unpaired) electrons. The predicted molar refractivity (Wildman–Crippen MR) is 94.3 cm³/mol. The van der Waals surface area contributed by atoms with Gasteiger partial charge in [0.15, 0.2) is 0 Å². The Labute approximate surface area is 151 Å². The molecule has 1 aliphatic rings. The average Bonchev–Trinajstić information content (AvgIpc) is 3.07. The third-order valence-corrected chi connectivity index (χ3v) is 3.89. The molecule has 1 heterocycles. The highest BCUT2D eigenvalue weighted by Crippen LogP contribution is 2.26. The summed E-state index contributed by atoms with van der Waals surface area (Å²) in [5, 5.41) is 5.66. The van der Waals surface area contributed by atoms with Gasteiger partial charge in [-0.25, -0.2) is 13.6 Å². The van der Waals surface area contributed by atoms with Crippen LogP contribution < -0.4 is 5.01 Å². The monoisotopic (exact) mass is 367 g/mol. The van der Waals surface area contributed by atoms with E-state index < -0.39 is 30.9 Å². The molecule has 1 amide bonds.